The number of hydrogen-bond donors (Lipinski definition) is 1. The van der Waals surface area contributed by atoms with Gasteiger partial charge in [0.05, 0.1) is 11.7 Å². The lowest BCUT2D eigenvalue weighted by Gasteiger charge is -2.31. The van der Waals surface area contributed by atoms with Crippen molar-refractivity contribution in [1.29, 1.82) is 0 Å². The van der Waals surface area contributed by atoms with Crippen LogP contribution in [0.25, 0.3) is 0 Å². The molecule has 0 spiro atoms. The van der Waals surface area contributed by atoms with E-state index in [9.17, 15) is 13.2 Å². The van der Waals surface area contributed by atoms with Gasteiger partial charge in [0.25, 0.3) is 0 Å². The number of benzene rings is 1. The van der Waals surface area contributed by atoms with E-state index < -0.39 is 11.7 Å². The van der Waals surface area contributed by atoms with Gasteiger partial charge in [0, 0.05) is 22.8 Å². The average Bonchev–Trinajstić information content (AvgIpc) is 2.40. The van der Waals surface area contributed by atoms with Crippen LogP contribution in [0.15, 0.2) is 22.7 Å². The van der Waals surface area contributed by atoms with Gasteiger partial charge in [0.1, 0.15) is 0 Å². The summed E-state index contributed by atoms with van der Waals surface area (Å²) in [6.07, 6.45) is -1.88. The highest BCUT2D eigenvalue weighted by molar-refractivity contribution is 9.10. The summed E-state index contributed by atoms with van der Waals surface area (Å²) in [6.45, 7) is 2.61. The summed E-state index contributed by atoms with van der Waals surface area (Å²) in [4.78, 5) is 0. The van der Waals surface area contributed by atoms with E-state index in [0.29, 0.717) is 11.1 Å². The van der Waals surface area contributed by atoms with Crippen LogP contribution >= 0.6 is 15.9 Å². The molecule has 2 nitrogen and oxygen atoms in total. The molecule has 6 heteroatoms. The maximum atomic E-state index is 13.0. The Bertz CT molecular complexity index is 464. The smallest absolute Gasteiger partial charge is 0.382 e. The third-order valence-electron chi connectivity index (χ3n) is 3.47. The Morgan fingerprint density at radius 1 is 1.40 bits per heavy atom. The first kappa shape index (κ1) is 15.6. The third kappa shape index (κ3) is 3.88. The van der Waals surface area contributed by atoms with E-state index >= 15 is 0 Å². The minimum atomic E-state index is -4.36. The van der Waals surface area contributed by atoms with E-state index in [4.69, 9.17) is 4.74 Å². The van der Waals surface area contributed by atoms with E-state index in [0.717, 1.165) is 25.3 Å². The van der Waals surface area contributed by atoms with Crippen molar-refractivity contribution in [3.05, 3.63) is 28.2 Å². The fourth-order valence-corrected chi connectivity index (χ4v) is 2.75. The van der Waals surface area contributed by atoms with Gasteiger partial charge in [-0.05, 0) is 37.5 Å². The van der Waals surface area contributed by atoms with Crippen LogP contribution in [0.1, 0.15) is 31.7 Å². The van der Waals surface area contributed by atoms with Crippen molar-refractivity contribution < 1.29 is 17.9 Å². The lowest BCUT2D eigenvalue weighted by Crippen LogP contribution is -2.34. The Labute approximate surface area is 124 Å². The van der Waals surface area contributed by atoms with Crippen molar-refractivity contribution in [1.82, 2.24) is 0 Å². The minimum Gasteiger partial charge on any atom is -0.382 e. The van der Waals surface area contributed by atoms with E-state index in [1.807, 2.05) is 6.92 Å². The summed E-state index contributed by atoms with van der Waals surface area (Å²) in [6, 6.07) is 4.23. The summed E-state index contributed by atoms with van der Waals surface area (Å²) in [7, 11) is 0. The van der Waals surface area contributed by atoms with Crippen LogP contribution in [-0.4, -0.2) is 18.8 Å². The highest BCUT2D eigenvalue weighted by Crippen LogP contribution is 2.37. The third-order valence-corrected chi connectivity index (χ3v) is 3.96. The van der Waals surface area contributed by atoms with Crippen LogP contribution in [0.2, 0.25) is 0 Å². The Morgan fingerprint density at radius 2 is 2.15 bits per heavy atom. The number of hydrogen-bond acceptors (Lipinski definition) is 2. The summed E-state index contributed by atoms with van der Waals surface area (Å²) >= 11 is 3.09. The molecule has 1 aromatic carbocycles. The van der Waals surface area contributed by atoms with Crippen LogP contribution in [0.3, 0.4) is 0 Å². The van der Waals surface area contributed by atoms with E-state index in [-0.39, 0.29) is 17.8 Å². The van der Waals surface area contributed by atoms with Crippen LogP contribution in [0, 0.1) is 0 Å². The van der Waals surface area contributed by atoms with Gasteiger partial charge < -0.3 is 10.1 Å². The molecule has 2 rings (SSSR count). The second kappa shape index (κ2) is 6.35. The zero-order valence-corrected chi connectivity index (χ0v) is 12.7. The maximum absolute atomic E-state index is 13.0. The standard InChI is InChI=1S/C14H17BrF3NO/c1-2-11-8-10(5-6-20-11)19-13-4-3-9(15)7-12(13)14(16,17)18/h3-4,7,10-11,19H,2,5-6,8H2,1H3. The lowest BCUT2D eigenvalue weighted by molar-refractivity contribution is -0.137. The van der Waals surface area contributed by atoms with Gasteiger partial charge in [0.15, 0.2) is 0 Å². The second-order valence-corrected chi connectivity index (χ2v) is 5.87. The molecule has 2 atom stereocenters. The van der Waals surface area contributed by atoms with Crippen molar-refractivity contribution >= 4 is 21.6 Å². The molecular formula is C14H17BrF3NO. The molecule has 1 saturated heterocycles. The largest absolute Gasteiger partial charge is 0.418 e. The van der Waals surface area contributed by atoms with E-state index in [1.165, 1.54) is 6.07 Å². The first-order valence-corrected chi connectivity index (χ1v) is 7.44. The molecule has 1 aliphatic rings. The maximum Gasteiger partial charge on any atom is 0.418 e. The molecule has 0 aliphatic carbocycles. The van der Waals surface area contributed by atoms with Gasteiger partial charge in [-0.1, -0.05) is 22.9 Å². The summed E-state index contributed by atoms with van der Waals surface area (Å²) < 4.78 is 45.1. The predicted octanol–water partition coefficient (Wildman–Crippen LogP) is 4.84. The van der Waals surface area contributed by atoms with Gasteiger partial charge in [-0.3, -0.25) is 0 Å². The first-order chi connectivity index (χ1) is 9.40. The molecule has 1 heterocycles. The molecule has 0 saturated carbocycles. The summed E-state index contributed by atoms with van der Waals surface area (Å²) in [5.41, 5.74) is -0.492. The molecular weight excluding hydrogens is 335 g/mol. The fourth-order valence-electron chi connectivity index (χ4n) is 2.39. The number of anilines is 1. The topological polar surface area (TPSA) is 21.3 Å². The Hall–Kier alpha value is -0.750. The summed E-state index contributed by atoms with van der Waals surface area (Å²) in [5, 5.41) is 3.03. The Morgan fingerprint density at radius 3 is 2.80 bits per heavy atom. The molecule has 1 fully saturated rings. The molecule has 1 aromatic rings. The number of ether oxygens (including phenoxy) is 1. The SMILES string of the molecule is CCC1CC(Nc2ccc(Br)cc2C(F)(F)F)CCO1. The van der Waals surface area contributed by atoms with Crippen molar-refractivity contribution in [3.63, 3.8) is 0 Å². The minimum absolute atomic E-state index is 0.0241. The van der Waals surface area contributed by atoms with Gasteiger partial charge in [-0.2, -0.15) is 13.2 Å². The van der Waals surface area contributed by atoms with Gasteiger partial charge >= 0.3 is 6.18 Å². The number of nitrogens with one attached hydrogen (secondary N) is 1. The molecule has 20 heavy (non-hydrogen) atoms. The average molecular weight is 352 g/mol. The van der Waals surface area contributed by atoms with Gasteiger partial charge in [-0.25, -0.2) is 0 Å². The molecule has 2 unspecified atom stereocenters. The van der Waals surface area contributed by atoms with Crippen molar-refractivity contribution in [2.24, 2.45) is 0 Å². The highest BCUT2D eigenvalue weighted by atomic mass is 79.9. The normalized spacial score (nSPS) is 23.6. The van der Waals surface area contributed by atoms with Crippen molar-refractivity contribution in [3.8, 4) is 0 Å². The first-order valence-electron chi connectivity index (χ1n) is 6.65. The number of alkyl halides is 3. The molecule has 0 radical (unpaired) electrons. The molecule has 0 amide bonds. The Balaban J connectivity index is 2.16. The van der Waals surface area contributed by atoms with Gasteiger partial charge in [0.2, 0.25) is 0 Å². The molecule has 0 bridgehead atoms. The fraction of sp³-hybridized carbons (Fsp3) is 0.571. The Kier molecular flexibility index (Phi) is 4.96. The van der Waals surface area contributed by atoms with Crippen LogP contribution in [0.5, 0.6) is 0 Å². The molecule has 1 aliphatic heterocycles. The monoisotopic (exact) mass is 351 g/mol. The van der Waals surface area contributed by atoms with Gasteiger partial charge in [-0.15, -0.1) is 0 Å². The zero-order valence-electron chi connectivity index (χ0n) is 11.1. The highest BCUT2D eigenvalue weighted by Gasteiger charge is 2.34. The van der Waals surface area contributed by atoms with Crippen molar-refractivity contribution in [2.45, 2.75) is 44.5 Å². The number of rotatable bonds is 3. The molecule has 112 valence electrons. The lowest BCUT2D eigenvalue weighted by atomic mass is 10.0. The number of halogens is 4. The molecule has 0 aromatic heterocycles. The van der Waals surface area contributed by atoms with Crippen molar-refractivity contribution in [2.75, 3.05) is 11.9 Å². The predicted molar refractivity (Wildman–Crippen MR) is 75.8 cm³/mol. The summed E-state index contributed by atoms with van der Waals surface area (Å²) in [5.74, 6) is 0. The quantitative estimate of drug-likeness (QED) is 0.841. The van der Waals surface area contributed by atoms with E-state index in [2.05, 4.69) is 21.2 Å². The van der Waals surface area contributed by atoms with Crippen LogP contribution in [0.4, 0.5) is 18.9 Å². The van der Waals surface area contributed by atoms with Crippen LogP contribution < -0.4 is 5.32 Å². The van der Waals surface area contributed by atoms with Crippen LogP contribution in [-0.2, 0) is 10.9 Å². The van der Waals surface area contributed by atoms with E-state index in [1.54, 1.807) is 6.07 Å². The molecule has 1 N–H and O–H groups in total. The zero-order chi connectivity index (χ0) is 14.8. The second-order valence-electron chi connectivity index (χ2n) is 4.95.